The minimum absolute atomic E-state index is 0.277. The highest BCUT2D eigenvalue weighted by Crippen LogP contribution is 2.30. The molecule has 2 N–H and O–H groups in total. The van der Waals surface area contributed by atoms with Gasteiger partial charge in [-0.1, -0.05) is 19.8 Å². The van der Waals surface area contributed by atoms with Crippen LogP contribution in [0.3, 0.4) is 0 Å². The van der Waals surface area contributed by atoms with Crippen LogP contribution in [0.2, 0.25) is 0 Å². The van der Waals surface area contributed by atoms with Crippen LogP contribution in [0.15, 0.2) is 0 Å². The molecule has 2 rings (SSSR count). The number of nitrogens with one attached hydrogen (secondary N) is 1. The zero-order chi connectivity index (χ0) is 13.0. The first-order valence-corrected chi connectivity index (χ1v) is 7.64. The van der Waals surface area contributed by atoms with Gasteiger partial charge in [-0.05, 0) is 44.9 Å². The van der Waals surface area contributed by atoms with E-state index in [1.54, 1.807) is 0 Å². The van der Waals surface area contributed by atoms with Crippen molar-refractivity contribution < 1.29 is 9.84 Å². The second-order valence-corrected chi connectivity index (χ2v) is 6.58. The van der Waals surface area contributed by atoms with Gasteiger partial charge in [-0.25, -0.2) is 0 Å². The van der Waals surface area contributed by atoms with E-state index in [0.29, 0.717) is 25.2 Å². The Morgan fingerprint density at radius 2 is 2.00 bits per heavy atom. The Balaban J connectivity index is 1.60. The molecule has 0 spiro atoms. The van der Waals surface area contributed by atoms with Crippen LogP contribution in [0.25, 0.3) is 0 Å². The molecule has 0 saturated heterocycles. The summed E-state index contributed by atoms with van der Waals surface area (Å²) in [4.78, 5) is 0. The molecular formula is C15H29NO2. The molecule has 3 atom stereocenters. The van der Waals surface area contributed by atoms with Crippen LogP contribution in [0.4, 0.5) is 0 Å². The molecule has 106 valence electrons. The summed E-state index contributed by atoms with van der Waals surface area (Å²) >= 11 is 0. The Kier molecular flexibility index (Phi) is 5.05. The summed E-state index contributed by atoms with van der Waals surface area (Å²) < 4.78 is 5.88. The van der Waals surface area contributed by atoms with Gasteiger partial charge in [-0.2, -0.15) is 0 Å². The molecule has 0 aromatic rings. The lowest BCUT2D eigenvalue weighted by Crippen LogP contribution is -2.51. The maximum atomic E-state index is 9.96. The van der Waals surface area contributed by atoms with Crippen LogP contribution < -0.4 is 5.32 Å². The van der Waals surface area contributed by atoms with E-state index in [4.69, 9.17) is 4.74 Å². The van der Waals surface area contributed by atoms with Crippen LogP contribution in [0, 0.1) is 5.92 Å². The van der Waals surface area contributed by atoms with Gasteiger partial charge in [0.2, 0.25) is 0 Å². The SMILES string of the molecule is CC1CCCCC1OCC(O)CNC1(C)CCC1. The lowest BCUT2D eigenvalue weighted by Gasteiger charge is -2.40. The van der Waals surface area contributed by atoms with Crippen LogP contribution in [0.1, 0.15) is 58.8 Å². The van der Waals surface area contributed by atoms with Crippen molar-refractivity contribution >= 4 is 0 Å². The van der Waals surface area contributed by atoms with Crippen molar-refractivity contribution in [1.82, 2.24) is 5.32 Å². The molecular weight excluding hydrogens is 226 g/mol. The Hall–Kier alpha value is -0.120. The number of β-amino-alcohol motifs (C(OH)–C–C–N with tert-alkyl or cyclic N) is 1. The molecule has 0 heterocycles. The molecule has 0 bridgehead atoms. The zero-order valence-electron chi connectivity index (χ0n) is 12.0. The van der Waals surface area contributed by atoms with E-state index in [1.807, 2.05) is 0 Å². The largest absolute Gasteiger partial charge is 0.389 e. The topological polar surface area (TPSA) is 41.5 Å². The molecule has 0 aromatic carbocycles. The van der Waals surface area contributed by atoms with Gasteiger partial charge in [-0.3, -0.25) is 0 Å². The number of hydrogen-bond donors (Lipinski definition) is 2. The summed E-state index contributed by atoms with van der Waals surface area (Å²) in [6, 6.07) is 0. The van der Waals surface area contributed by atoms with Crippen molar-refractivity contribution in [2.24, 2.45) is 5.92 Å². The molecule has 3 nitrogen and oxygen atoms in total. The Morgan fingerprint density at radius 1 is 1.28 bits per heavy atom. The molecule has 0 aromatic heterocycles. The highest BCUT2D eigenvalue weighted by atomic mass is 16.5. The van der Waals surface area contributed by atoms with Crippen molar-refractivity contribution in [1.29, 1.82) is 0 Å². The summed E-state index contributed by atoms with van der Waals surface area (Å²) in [6.45, 7) is 5.66. The van der Waals surface area contributed by atoms with E-state index >= 15 is 0 Å². The van der Waals surface area contributed by atoms with Crippen molar-refractivity contribution in [2.75, 3.05) is 13.2 Å². The van der Waals surface area contributed by atoms with E-state index in [1.165, 1.54) is 44.9 Å². The maximum absolute atomic E-state index is 9.96. The van der Waals surface area contributed by atoms with E-state index in [9.17, 15) is 5.11 Å². The van der Waals surface area contributed by atoms with Crippen LogP contribution in [0.5, 0.6) is 0 Å². The smallest absolute Gasteiger partial charge is 0.0898 e. The second kappa shape index (κ2) is 6.36. The number of aliphatic hydroxyl groups is 1. The van der Waals surface area contributed by atoms with E-state index in [0.717, 1.165) is 0 Å². The molecule has 2 saturated carbocycles. The lowest BCUT2D eigenvalue weighted by molar-refractivity contribution is -0.0474. The zero-order valence-corrected chi connectivity index (χ0v) is 12.0. The van der Waals surface area contributed by atoms with Gasteiger partial charge in [-0.15, -0.1) is 0 Å². The molecule has 18 heavy (non-hydrogen) atoms. The molecule has 3 heteroatoms. The fourth-order valence-electron chi connectivity index (χ4n) is 3.07. The molecule has 2 aliphatic rings. The highest BCUT2D eigenvalue weighted by molar-refractivity contribution is 4.91. The quantitative estimate of drug-likeness (QED) is 0.766. The van der Waals surface area contributed by atoms with Crippen molar-refractivity contribution in [3.8, 4) is 0 Å². The van der Waals surface area contributed by atoms with Crippen LogP contribution in [-0.2, 0) is 4.74 Å². The molecule has 0 radical (unpaired) electrons. The molecule has 2 aliphatic carbocycles. The first-order valence-electron chi connectivity index (χ1n) is 7.64. The third-order valence-corrected chi connectivity index (χ3v) is 4.76. The van der Waals surface area contributed by atoms with Gasteiger partial charge in [0.15, 0.2) is 0 Å². The summed E-state index contributed by atoms with van der Waals surface area (Å²) in [7, 11) is 0. The minimum Gasteiger partial charge on any atom is -0.389 e. The van der Waals surface area contributed by atoms with Gasteiger partial charge in [0, 0.05) is 12.1 Å². The fraction of sp³-hybridized carbons (Fsp3) is 1.00. The van der Waals surface area contributed by atoms with Crippen molar-refractivity contribution in [3.63, 3.8) is 0 Å². The van der Waals surface area contributed by atoms with E-state index in [-0.39, 0.29) is 11.6 Å². The third-order valence-electron chi connectivity index (χ3n) is 4.76. The molecule has 3 unspecified atom stereocenters. The number of aliphatic hydroxyl groups excluding tert-OH is 1. The Labute approximate surface area is 111 Å². The summed E-state index contributed by atoms with van der Waals surface area (Å²) in [5, 5.41) is 13.4. The number of hydrogen-bond acceptors (Lipinski definition) is 3. The number of rotatable bonds is 6. The Morgan fingerprint density at radius 3 is 2.61 bits per heavy atom. The molecule has 0 aliphatic heterocycles. The van der Waals surface area contributed by atoms with Gasteiger partial charge in [0.05, 0.1) is 18.8 Å². The summed E-state index contributed by atoms with van der Waals surface area (Å²) in [5.74, 6) is 0.656. The summed E-state index contributed by atoms with van der Waals surface area (Å²) in [5.41, 5.74) is 0.277. The van der Waals surface area contributed by atoms with Crippen molar-refractivity contribution in [2.45, 2.75) is 76.5 Å². The number of ether oxygens (including phenoxy) is 1. The first-order chi connectivity index (χ1) is 8.59. The monoisotopic (exact) mass is 255 g/mol. The third kappa shape index (κ3) is 3.94. The van der Waals surface area contributed by atoms with Crippen molar-refractivity contribution in [3.05, 3.63) is 0 Å². The predicted molar refractivity (Wildman–Crippen MR) is 73.6 cm³/mol. The standard InChI is InChI=1S/C15H29NO2/c1-12-6-3-4-7-14(12)18-11-13(17)10-16-15(2)8-5-9-15/h12-14,16-17H,3-11H2,1-2H3. The Bertz CT molecular complexity index is 253. The van der Waals surface area contributed by atoms with Crippen LogP contribution >= 0.6 is 0 Å². The molecule has 2 fully saturated rings. The highest BCUT2D eigenvalue weighted by Gasteiger charge is 2.31. The summed E-state index contributed by atoms with van der Waals surface area (Å²) in [6.07, 6.45) is 8.85. The molecule has 0 amide bonds. The van der Waals surface area contributed by atoms with Gasteiger partial charge in [0.25, 0.3) is 0 Å². The normalized spacial score (nSPS) is 32.8. The maximum Gasteiger partial charge on any atom is 0.0898 e. The average molecular weight is 255 g/mol. The van der Waals surface area contributed by atoms with E-state index in [2.05, 4.69) is 19.2 Å². The van der Waals surface area contributed by atoms with Crippen LogP contribution in [-0.4, -0.2) is 36.0 Å². The second-order valence-electron chi connectivity index (χ2n) is 6.58. The van der Waals surface area contributed by atoms with Gasteiger partial charge >= 0.3 is 0 Å². The fourth-order valence-corrected chi connectivity index (χ4v) is 3.07. The van der Waals surface area contributed by atoms with Gasteiger partial charge in [0.1, 0.15) is 0 Å². The average Bonchev–Trinajstić information content (AvgIpc) is 2.33. The predicted octanol–water partition coefficient (Wildman–Crippen LogP) is 2.47. The minimum atomic E-state index is -0.364. The lowest BCUT2D eigenvalue weighted by atomic mass is 9.78. The van der Waals surface area contributed by atoms with E-state index < -0.39 is 0 Å². The first kappa shape index (κ1) is 14.3. The van der Waals surface area contributed by atoms with Gasteiger partial charge < -0.3 is 15.2 Å².